The zero-order valence-corrected chi connectivity index (χ0v) is 12.8. The van der Waals surface area contributed by atoms with E-state index in [9.17, 15) is 0 Å². The zero-order chi connectivity index (χ0) is 14.8. The molecule has 0 amide bonds. The van der Waals surface area contributed by atoms with Crippen molar-refractivity contribution in [3.05, 3.63) is 47.4 Å². The molecule has 1 saturated carbocycles. The van der Waals surface area contributed by atoms with Gasteiger partial charge >= 0.3 is 0 Å². The Balaban J connectivity index is 1.67. The lowest BCUT2D eigenvalue weighted by atomic mass is 10.1. The molecule has 110 valence electrons. The Kier molecular flexibility index (Phi) is 3.78. The lowest BCUT2D eigenvalue weighted by Crippen LogP contribution is -2.07. The third kappa shape index (κ3) is 3.32. The van der Waals surface area contributed by atoms with Gasteiger partial charge in [0.15, 0.2) is 0 Å². The Morgan fingerprint density at radius 2 is 2.10 bits per heavy atom. The van der Waals surface area contributed by atoms with Crippen molar-refractivity contribution in [3.63, 3.8) is 0 Å². The van der Waals surface area contributed by atoms with Crippen LogP contribution in [0.5, 0.6) is 5.75 Å². The predicted molar refractivity (Wildman–Crippen MR) is 83.9 cm³/mol. The Labute approximate surface area is 125 Å². The van der Waals surface area contributed by atoms with Gasteiger partial charge < -0.3 is 10.1 Å². The SMILES string of the molecule is CCOc1cccc([C@H]2C[C@@H]2Nc2cc(C)nc(C)n2)c1. The van der Waals surface area contributed by atoms with Crippen molar-refractivity contribution < 1.29 is 4.74 Å². The Morgan fingerprint density at radius 3 is 2.86 bits per heavy atom. The van der Waals surface area contributed by atoms with Crippen molar-refractivity contribution in [2.75, 3.05) is 11.9 Å². The molecule has 3 rings (SSSR count). The van der Waals surface area contributed by atoms with E-state index in [4.69, 9.17) is 4.74 Å². The average molecular weight is 283 g/mol. The van der Waals surface area contributed by atoms with Gasteiger partial charge in [0.05, 0.1) is 6.61 Å². The first-order chi connectivity index (χ1) is 10.2. The van der Waals surface area contributed by atoms with Crippen LogP contribution in [0.1, 0.15) is 36.3 Å². The van der Waals surface area contributed by atoms with E-state index < -0.39 is 0 Å². The molecule has 0 radical (unpaired) electrons. The van der Waals surface area contributed by atoms with E-state index in [1.54, 1.807) is 0 Å². The van der Waals surface area contributed by atoms with E-state index >= 15 is 0 Å². The Hall–Kier alpha value is -2.10. The lowest BCUT2D eigenvalue weighted by Gasteiger charge is -2.08. The predicted octanol–water partition coefficient (Wildman–Crippen LogP) is 3.46. The van der Waals surface area contributed by atoms with E-state index in [-0.39, 0.29) is 0 Å². The van der Waals surface area contributed by atoms with Crippen molar-refractivity contribution in [2.24, 2.45) is 0 Å². The molecule has 1 aliphatic carbocycles. The fourth-order valence-corrected chi connectivity index (χ4v) is 2.71. The highest BCUT2D eigenvalue weighted by Crippen LogP contribution is 2.43. The maximum absolute atomic E-state index is 5.57. The summed E-state index contributed by atoms with van der Waals surface area (Å²) in [5, 5.41) is 3.51. The number of aryl methyl sites for hydroxylation is 2. The van der Waals surface area contributed by atoms with Crippen molar-refractivity contribution >= 4 is 5.82 Å². The van der Waals surface area contributed by atoms with Crippen LogP contribution < -0.4 is 10.1 Å². The monoisotopic (exact) mass is 283 g/mol. The van der Waals surface area contributed by atoms with Crippen molar-refractivity contribution in [3.8, 4) is 5.75 Å². The number of hydrogen-bond donors (Lipinski definition) is 1. The van der Waals surface area contributed by atoms with Gasteiger partial charge in [-0.25, -0.2) is 9.97 Å². The van der Waals surface area contributed by atoms with Gasteiger partial charge in [-0.05, 0) is 44.9 Å². The number of nitrogens with one attached hydrogen (secondary N) is 1. The Morgan fingerprint density at radius 1 is 1.24 bits per heavy atom. The zero-order valence-electron chi connectivity index (χ0n) is 12.8. The standard InChI is InChI=1S/C17H21N3O/c1-4-21-14-7-5-6-13(9-14)15-10-16(15)20-17-8-11(2)18-12(3)19-17/h5-9,15-16H,4,10H2,1-3H3,(H,18,19,20)/t15-,16+/m1/s1. The molecule has 1 aliphatic rings. The molecular weight excluding hydrogens is 262 g/mol. The molecule has 21 heavy (non-hydrogen) atoms. The normalized spacial score (nSPS) is 20.1. The van der Waals surface area contributed by atoms with E-state index in [0.717, 1.165) is 29.5 Å². The first-order valence-corrected chi connectivity index (χ1v) is 7.47. The maximum atomic E-state index is 5.57. The van der Waals surface area contributed by atoms with Crippen LogP contribution in [0, 0.1) is 13.8 Å². The summed E-state index contributed by atoms with van der Waals surface area (Å²) in [5.74, 6) is 3.23. The summed E-state index contributed by atoms with van der Waals surface area (Å²) in [6.07, 6.45) is 1.14. The van der Waals surface area contributed by atoms with Crippen LogP contribution in [-0.4, -0.2) is 22.6 Å². The molecule has 4 nitrogen and oxygen atoms in total. The number of anilines is 1. The van der Waals surface area contributed by atoms with Gasteiger partial charge in [-0.1, -0.05) is 12.1 Å². The number of hydrogen-bond acceptors (Lipinski definition) is 4. The van der Waals surface area contributed by atoms with Gasteiger partial charge in [0.2, 0.25) is 0 Å². The molecule has 0 saturated heterocycles. The molecule has 0 spiro atoms. The van der Waals surface area contributed by atoms with Crippen LogP contribution >= 0.6 is 0 Å². The van der Waals surface area contributed by atoms with Crippen LogP contribution in [-0.2, 0) is 0 Å². The highest BCUT2D eigenvalue weighted by atomic mass is 16.5. The molecule has 1 fully saturated rings. The summed E-state index contributed by atoms with van der Waals surface area (Å²) in [6.45, 7) is 6.63. The number of ether oxygens (including phenoxy) is 1. The minimum atomic E-state index is 0.454. The second-order valence-electron chi connectivity index (χ2n) is 5.54. The third-order valence-electron chi connectivity index (χ3n) is 3.69. The lowest BCUT2D eigenvalue weighted by molar-refractivity contribution is 0.340. The van der Waals surface area contributed by atoms with Crippen LogP contribution in [0.3, 0.4) is 0 Å². The minimum absolute atomic E-state index is 0.454. The molecule has 1 aromatic carbocycles. The van der Waals surface area contributed by atoms with Gasteiger partial charge in [0.25, 0.3) is 0 Å². The second kappa shape index (κ2) is 5.72. The molecule has 1 N–H and O–H groups in total. The van der Waals surface area contributed by atoms with Gasteiger partial charge in [0, 0.05) is 23.7 Å². The highest BCUT2D eigenvalue weighted by molar-refractivity contribution is 5.43. The molecule has 2 atom stereocenters. The molecule has 0 aliphatic heterocycles. The first kappa shape index (κ1) is 13.9. The van der Waals surface area contributed by atoms with Crippen LogP contribution in [0.25, 0.3) is 0 Å². The van der Waals surface area contributed by atoms with Crippen molar-refractivity contribution in [2.45, 2.75) is 39.2 Å². The maximum Gasteiger partial charge on any atom is 0.130 e. The Bertz CT molecular complexity index is 621. The summed E-state index contributed by atoms with van der Waals surface area (Å²) in [7, 11) is 0. The van der Waals surface area contributed by atoms with Gasteiger partial charge in [0.1, 0.15) is 17.4 Å². The van der Waals surface area contributed by atoms with E-state index in [1.807, 2.05) is 32.9 Å². The second-order valence-corrected chi connectivity index (χ2v) is 5.54. The van der Waals surface area contributed by atoms with Crippen LogP contribution in [0.4, 0.5) is 5.82 Å². The van der Waals surface area contributed by atoms with Gasteiger partial charge in [-0.3, -0.25) is 0 Å². The third-order valence-corrected chi connectivity index (χ3v) is 3.69. The smallest absolute Gasteiger partial charge is 0.130 e. The largest absolute Gasteiger partial charge is 0.494 e. The van der Waals surface area contributed by atoms with E-state index in [0.29, 0.717) is 18.6 Å². The number of aromatic nitrogens is 2. The van der Waals surface area contributed by atoms with E-state index in [2.05, 4.69) is 33.5 Å². The molecule has 4 heteroatoms. The summed E-state index contributed by atoms with van der Waals surface area (Å²) in [5.41, 5.74) is 2.33. The van der Waals surface area contributed by atoms with Crippen LogP contribution in [0.2, 0.25) is 0 Å². The topological polar surface area (TPSA) is 47.0 Å². The number of nitrogens with zero attached hydrogens (tertiary/aromatic N) is 2. The molecule has 1 aromatic heterocycles. The van der Waals surface area contributed by atoms with Gasteiger partial charge in [-0.15, -0.1) is 0 Å². The number of benzene rings is 1. The molecular formula is C17H21N3O. The quantitative estimate of drug-likeness (QED) is 0.913. The minimum Gasteiger partial charge on any atom is -0.494 e. The molecule has 2 aromatic rings. The average Bonchev–Trinajstić information content (AvgIpc) is 3.17. The first-order valence-electron chi connectivity index (χ1n) is 7.47. The summed E-state index contributed by atoms with van der Waals surface area (Å²) >= 11 is 0. The number of rotatable bonds is 5. The van der Waals surface area contributed by atoms with Gasteiger partial charge in [-0.2, -0.15) is 0 Å². The summed E-state index contributed by atoms with van der Waals surface area (Å²) < 4.78 is 5.57. The van der Waals surface area contributed by atoms with Crippen molar-refractivity contribution in [1.82, 2.24) is 9.97 Å². The fourth-order valence-electron chi connectivity index (χ4n) is 2.71. The molecule has 0 unspecified atom stereocenters. The fraction of sp³-hybridized carbons (Fsp3) is 0.412. The summed E-state index contributed by atoms with van der Waals surface area (Å²) in [4.78, 5) is 8.75. The summed E-state index contributed by atoms with van der Waals surface area (Å²) in [6, 6.07) is 10.8. The van der Waals surface area contributed by atoms with Crippen LogP contribution in [0.15, 0.2) is 30.3 Å². The highest BCUT2D eigenvalue weighted by Gasteiger charge is 2.38. The van der Waals surface area contributed by atoms with Crippen molar-refractivity contribution in [1.29, 1.82) is 0 Å². The molecule has 1 heterocycles. The molecule has 0 bridgehead atoms. The van der Waals surface area contributed by atoms with E-state index in [1.165, 1.54) is 5.56 Å².